The number of amides is 3. The number of primary amides is 1. The Morgan fingerprint density at radius 3 is 2.77 bits per heavy atom. The monoisotopic (exact) mass is 428 g/mol. The van der Waals surface area contributed by atoms with Gasteiger partial charge >= 0.3 is 0 Å². The van der Waals surface area contributed by atoms with E-state index < -0.39 is 11.9 Å². The van der Waals surface area contributed by atoms with Crippen LogP contribution < -0.4 is 16.4 Å². The molecule has 2 heterocycles. The molecule has 1 saturated carbocycles. The molecule has 1 aromatic rings. The number of hydrogen-bond acceptors (Lipinski definition) is 6. The fourth-order valence-electron chi connectivity index (χ4n) is 4.61. The van der Waals surface area contributed by atoms with E-state index in [1.807, 2.05) is 0 Å². The first-order valence-corrected chi connectivity index (χ1v) is 10.8. The van der Waals surface area contributed by atoms with Gasteiger partial charge in [0, 0.05) is 24.3 Å². The number of nitrogens with zero attached hydrogens (tertiary/aromatic N) is 2. The summed E-state index contributed by atoms with van der Waals surface area (Å²) < 4.78 is 0. The van der Waals surface area contributed by atoms with Gasteiger partial charge in [-0.1, -0.05) is 20.3 Å². The number of likely N-dealkylation sites (tertiary alicyclic amines) is 1. The number of rotatable bonds is 7. The predicted octanol–water partition coefficient (Wildman–Crippen LogP) is 1.42. The lowest BCUT2D eigenvalue weighted by molar-refractivity contribution is -0.137. The molecule has 0 aromatic carbocycles. The first kappa shape index (κ1) is 22.7. The summed E-state index contributed by atoms with van der Waals surface area (Å²) in [4.78, 5) is 42.7. The molecule has 2 aliphatic rings. The van der Waals surface area contributed by atoms with E-state index in [9.17, 15) is 14.4 Å². The second-order valence-corrected chi connectivity index (χ2v) is 9.23. The highest BCUT2D eigenvalue weighted by Crippen LogP contribution is 2.35. The van der Waals surface area contributed by atoms with Crippen LogP contribution in [0.1, 0.15) is 57.9 Å². The summed E-state index contributed by atoms with van der Waals surface area (Å²) >= 11 is 0. The van der Waals surface area contributed by atoms with Gasteiger partial charge in [-0.15, -0.1) is 0 Å². The molecule has 1 aliphatic carbocycles. The second-order valence-electron chi connectivity index (χ2n) is 9.23. The van der Waals surface area contributed by atoms with Crippen LogP contribution in [-0.4, -0.2) is 58.5 Å². The third kappa shape index (κ3) is 5.59. The molecular weight excluding hydrogens is 396 g/mol. The van der Waals surface area contributed by atoms with Crippen LogP contribution in [0.4, 0.5) is 5.69 Å². The molecule has 5 N–H and O–H groups in total. The number of aromatic nitrogens is 1. The maximum atomic E-state index is 12.9. The van der Waals surface area contributed by atoms with E-state index >= 15 is 0 Å². The van der Waals surface area contributed by atoms with Crippen molar-refractivity contribution in [3.63, 3.8) is 0 Å². The van der Waals surface area contributed by atoms with Crippen molar-refractivity contribution in [2.45, 2.75) is 64.5 Å². The molecule has 1 saturated heterocycles. The minimum absolute atomic E-state index is 0.0645. The average molecular weight is 429 g/mol. The Hall–Kier alpha value is -2.97. The number of anilines is 1. The van der Waals surface area contributed by atoms with Gasteiger partial charge in [0.1, 0.15) is 11.8 Å². The van der Waals surface area contributed by atoms with E-state index in [0.29, 0.717) is 18.7 Å². The summed E-state index contributed by atoms with van der Waals surface area (Å²) in [5.74, 6) is -1.14. The molecule has 1 aromatic heterocycles. The van der Waals surface area contributed by atoms with Gasteiger partial charge < -0.3 is 21.3 Å². The van der Waals surface area contributed by atoms with Crippen molar-refractivity contribution in [3.8, 4) is 0 Å². The zero-order chi connectivity index (χ0) is 22.6. The topological polar surface area (TPSA) is 141 Å². The lowest BCUT2D eigenvalue weighted by atomic mass is 9.75. The van der Waals surface area contributed by atoms with Crippen LogP contribution in [0.2, 0.25) is 0 Å². The van der Waals surface area contributed by atoms with Crippen molar-refractivity contribution in [1.29, 1.82) is 5.41 Å². The number of pyridine rings is 1. The number of hydrogen-bond donors (Lipinski definition) is 4. The molecule has 2 unspecified atom stereocenters. The maximum absolute atomic E-state index is 12.9. The minimum Gasteiger partial charge on any atom is -0.374 e. The lowest BCUT2D eigenvalue weighted by Crippen LogP contribution is -2.51. The standard InChI is InChI=1S/C22H32N6O3/c1-22(2)8-3-5-14(11-22)27-21(31)17-6-4-10-28(17)18(29)13-26-16-12-25-9-7-15(16)19(23)20(24)30/h7,9,12,14,17,23,26H,3-6,8,10-11,13H2,1-2H3,(H2,24,30)(H,27,31). The minimum atomic E-state index is -0.859. The van der Waals surface area contributed by atoms with Crippen molar-refractivity contribution >= 4 is 29.1 Å². The van der Waals surface area contributed by atoms with Gasteiger partial charge in [0.15, 0.2) is 0 Å². The molecule has 31 heavy (non-hydrogen) atoms. The van der Waals surface area contributed by atoms with E-state index in [0.717, 1.165) is 25.7 Å². The molecular formula is C22H32N6O3. The van der Waals surface area contributed by atoms with Gasteiger partial charge in [-0.2, -0.15) is 0 Å². The van der Waals surface area contributed by atoms with Crippen LogP contribution in [0, 0.1) is 10.8 Å². The molecule has 2 atom stereocenters. The van der Waals surface area contributed by atoms with Crippen LogP contribution in [-0.2, 0) is 14.4 Å². The van der Waals surface area contributed by atoms with E-state index in [2.05, 4.69) is 29.5 Å². The molecule has 9 nitrogen and oxygen atoms in total. The molecule has 1 aliphatic heterocycles. The fourth-order valence-corrected chi connectivity index (χ4v) is 4.61. The van der Waals surface area contributed by atoms with Crippen LogP contribution >= 0.6 is 0 Å². The Morgan fingerprint density at radius 2 is 2.06 bits per heavy atom. The van der Waals surface area contributed by atoms with Crippen molar-refractivity contribution in [2.24, 2.45) is 11.1 Å². The number of carbonyl (C=O) groups excluding carboxylic acids is 3. The quantitative estimate of drug-likeness (QED) is 0.486. The summed E-state index contributed by atoms with van der Waals surface area (Å²) in [6.07, 6.45) is 8.53. The van der Waals surface area contributed by atoms with Gasteiger partial charge in [-0.05, 0) is 43.6 Å². The molecule has 3 amide bonds. The largest absolute Gasteiger partial charge is 0.374 e. The smallest absolute Gasteiger partial charge is 0.267 e. The first-order valence-electron chi connectivity index (χ1n) is 10.8. The second kappa shape index (κ2) is 9.45. The van der Waals surface area contributed by atoms with E-state index in [1.165, 1.54) is 24.9 Å². The van der Waals surface area contributed by atoms with Crippen molar-refractivity contribution in [1.82, 2.24) is 15.2 Å². The molecule has 9 heteroatoms. The number of nitrogens with two attached hydrogens (primary N) is 1. The molecule has 3 rings (SSSR count). The fraction of sp³-hybridized carbons (Fsp3) is 0.591. The van der Waals surface area contributed by atoms with Crippen LogP contribution in [0.5, 0.6) is 0 Å². The molecule has 168 valence electrons. The van der Waals surface area contributed by atoms with Gasteiger partial charge in [0.25, 0.3) is 5.91 Å². The predicted molar refractivity (Wildman–Crippen MR) is 118 cm³/mol. The van der Waals surface area contributed by atoms with Crippen molar-refractivity contribution < 1.29 is 14.4 Å². The Kier molecular flexibility index (Phi) is 6.92. The molecule has 0 radical (unpaired) electrons. The van der Waals surface area contributed by atoms with Crippen LogP contribution in [0.3, 0.4) is 0 Å². The third-order valence-electron chi connectivity index (χ3n) is 6.19. The zero-order valence-corrected chi connectivity index (χ0v) is 18.2. The maximum Gasteiger partial charge on any atom is 0.267 e. The van der Waals surface area contributed by atoms with Crippen molar-refractivity contribution in [3.05, 3.63) is 24.0 Å². The number of carbonyl (C=O) groups is 3. The van der Waals surface area contributed by atoms with Gasteiger partial charge in [-0.3, -0.25) is 24.8 Å². The zero-order valence-electron chi connectivity index (χ0n) is 18.2. The van der Waals surface area contributed by atoms with E-state index in [1.54, 1.807) is 4.90 Å². The van der Waals surface area contributed by atoms with Gasteiger partial charge in [-0.25, -0.2) is 0 Å². The molecule has 0 spiro atoms. The first-order chi connectivity index (χ1) is 14.7. The van der Waals surface area contributed by atoms with Gasteiger partial charge in [0.2, 0.25) is 11.8 Å². The number of nitrogens with one attached hydrogen (secondary N) is 3. The lowest BCUT2D eigenvalue weighted by Gasteiger charge is -2.36. The highest BCUT2D eigenvalue weighted by Gasteiger charge is 2.36. The highest BCUT2D eigenvalue weighted by molar-refractivity contribution is 6.44. The summed E-state index contributed by atoms with van der Waals surface area (Å²) in [5, 5.41) is 13.9. The van der Waals surface area contributed by atoms with Crippen LogP contribution in [0.25, 0.3) is 0 Å². The van der Waals surface area contributed by atoms with Crippen LogP contribution in [0.15, 0.2) is 18.5 Å². The van der Waals surface area contributed by atoms with Gasteiger partial charge in [0.05, 0.1) is 18.4 Å². The van der Waals surface area contributed by atoms with Crippen molar-refractivity contribution in [2.75, 3.05) is 18.4 Å². The SMILES string of the molecule is CC1(C)CCCC(NC(=O)C2CCCN2C(=O)CNc2cnccc2C(=N)C(N)=O)C1. The normalized spacial score (nSPS) is 22.6. The molecule has 0 bridgehead atoms. The Bertz CT molecular complexity index is 869. The highest BCUT2D eigenvalue weighted by atomic mass is 16.2. The van der Waals surface area contributed by atoms with E-state index in [4.69, 9.17) is 11.1 Å². The average Bonchev–Trinajstić information content (AvgIpc) is 3.21. The summed E-state index contributed by atoms with van der Waals surface area (Å²) in [6, 6.07) is 1.19. The molecule has 2 fully saturated rings. The summed E-state index contributed by atoms with van der Waals surface area (Å²) in [6.45, 7) is 4.93. The Morgan fingerprint density at radius 1 is 1.29 bits per heavy atom. The summed E-state index contributed by atoms with van der Waals surface area (Å²) in [7, 11) is 0. The Balaban J connectivity index is 1.60. The summed E-state index contributed by atoms with van der Waals surface area (Å²) in [5.41, 5.74) is 5.74. The Labute approximate surface area is 182 Å². The third-order valence-corrected chi connectivity index (χ3v) is 6.19. The van der Waals surface area contributed by atoms with E-state index in [-0.39, 0.29) is 41.1 Å².